The van der Waals surface area contributed by atoms with Crippen LogP contribution in [0.4, 0.5) is 0 Å². The Morgan fingerprint density at radius 3 is 3.00 bits per heavy atom. The van der Waals surface area contributed by atoms with Crippen LogP contribution in [0.15, 0.2) is 35.4 Å². The summed E-state index contributed by atoms with van der Waals surface area (Å²) in [5.74, 6) is -0.0215. The predicted octanol–water partition coefficient (Wildman–Crippen LogP) is 1.66. The van der Waals surface area contributed by atoms with E-state index in [0.717, 1.165) is 17.4 Å². The Labute approximate surface area is 158 Å². The number of pyridine rings is 1. The van der Waals surface area contributed by atoms with E-state index in [1.54, 1.807) is 23.2 Å². The minimum atomic E-state index is -3.81. The van der Waals surface area contributed by atoms with E-state index in [2.05, 4.69) is 4.98 Å². The third kappa shape index (κ3) is 2.30. The summed E-state index contributed by atoms with van der Waals surface area (Å²) in [6.45, 7) is 3.42. The summed E-state index contributed by atoms with van der Waals surface area (Å²) in [7, 11) is -3.81. The lowest BCUT2D eigenvalue weighted by Gasteiger charge is -2.42. The second kappa shape index (κ2) is 5.73. The maximum Gasteiger partial charge on any atom is 0.245 e. The molecule has 1 aromatic carbocycles. The van der Waals surface area contributed by atoms with E-state index < -0.39 is 21.8 Å². The molecule has 0 bridgehead atoms. The van der Waals surface area contributed by atoms with Crippen molar-refractivity contribution in [3.05, 3.63) is 36.0 Å². The van der Waals surface area contributed by atoms with Gasteiger partial charge in [-0.15, -0.1) is 0 Å². The highest BCUT2D eigenvalue weighted by atomic mass is 32.2. The number of hydrogen-bond donors (Lipinski definition) is 0. The van der Waals surface area contributed by atoms with Crippen LogP contribution >= 0.6 is 0 Å². The van der Waals surface area contributed by atoms with Gasteiger partial charge in [-0.1, -0.05) is 6.07 Å². The molecule has 0 N–H and O–H groups in total. The van der Waals surface area contributed by atoms with Gasteiger partial charge in [0.2, 0.25) is 15.9 Å². The lowest BCUT2D eigenvalue weighted by atomic mass is 10.0. The Hall–Kier alpha value is -2.03. The number of ether oxygens (including phenoxy) is 1. The third-order valence-corrected chi connectivity index (χ3v) is 7.89. The number of carbonyl (C=O) groups excluding carboxylic acids is 1. The Kier molecular flexibility index (Phi) is 3.63. The zero-order chi connectivity index (χ0) is 18.8. The first-order valence-electron chi connectivity index (χ1n) is 9.25. The van der Waals surface area contributed by atoms with Crippen LogP contribution in [-0.4, -0.2) is 60.0 Å². The molecule has 5 rings (SSSR count). The second-order valence-corrected chi connectivity index (χ2v) is 9.38. The minimum absolute atomic E-state index is 0.0215. The molecule has 3 saturated heterocycles. The molecule has 1 spiro atoms. The fraction of sp³-hybridized carbons (Fsp3) is 0.474. The molecule has 142 valence electrons. The van der Waals surface area contributed by atoms with Crippen LogP contribution in [0, 0.1) is 6.92 Å². The molecule has 0 radical (unpaired) electrons. The summed E-state index contributed by atoms with van der Waals surface area (Å²) >= 11 is 0. The van der Waals surface area contributed by atoms with Gasteiger partial charge in [-0.2, -0.15) is 4.31 Å². The molecule has 3 aliphatic rings. The van der Waals surface area contributed by atoms with Crippen LogP contribution in [0.3, 0.4) is 0 Å². The number of benzene rings is 1. The Balaban J connectivity index is 1.63. The Morgan fingerprint density at radius 2 is 2.15 bits per heavy atom. The van der Waals surface area contributed by atoms with Crippen molar-refractivity contribution in [2.75, 3.05) is 19.7 Å². The van der Waals surface area contributed by atoms with Crippen LogP contribution in [0.25, 0.3) is 10.9 Å². The SMILES string of the molecule is Cc1cc(S(=O)(=O)N2CC[C@@]34OCCCN3C(=O)C[C@@H]24)c2ncccc2c1. The number of rotatable bonds is 2. The fourth-order valence-corrected chi connectivity index (χ4v) is 6.73. The van der Waals surface area contributed by atoms with Gasteiger partial charge in [0.15, 0.2) is 5.72 Å². The molecule has 1 amide bonds. The summed E-state index contributed by atoms with van der Waals surface area (Å²) in [6.07, 6.45) is 3.09. The highest BCUT2D eigenvalue weighted by Crippen LogP contribution is 2.47. The molecule has 0 saturated carbocycles. The second-order valence-electron chi connectivity index (χ2n) is 7.52. The van der Waals surface area contributed by atoms with E-state index in [0.29, 0.717) is 31.6 Å². The summed E-state index contributed by atoms with van der Waals surface area (Å²) in [4.78, 5) is 18.8. The fourth-order valence-electron chi connectivity index (χ4n) is 4.83. The van der Waals surface area contributed by atoms with E-state index in [9.17, 15) is 13.2 Å². The molecule has 3 fully saturated rings. The highest BCUT2D eigenvalue weighted by Gasteiger charge is 2.63. The van der Waals surface area contributed by atoms with Crippen LogP contribution in [0.1, 0.15) is 24.8 Å². The molecule has 0 aliphatic carbocycles. The maximum absolute atomic E-state index is 13.6. The molecule has 1 aromatic heterocycles. The van der Waals surface area contributed by atoms with Gasteiger partial charge in [0, 0.05) is 37.5 Å². The zero-order valence-corrected chi connectivity index (χ0v) is 15.9. The molecule has 2 atom stereocenters. The lowest BCUT2D eigenvalue weighted by Crippen LogP contribution is -2.56. The van der Waals surface area contributed by atoms with Crippen molar-refractivity contribution >= 4 is 26.8 Å². The summed E-state index contributed by atoms with van der Waals surface area (Å²) in [6, 6.07) is 6.79. The topological polar surface area (TPSA) is 79.8 Å². The largest absolute Gasteiger partial charge is 0.354 e. The van der Waals surface area contributed by atoms with Crippen molar-refractivity contribution in [3.63, 3.8) is 0 Å². The number of hydrogen-bond acceptors (Lipinski definition) is 5. The van der Waals surface area contributed by atoms with Gasteiger partial charge in [0.1, 0.15) is 4.90 Å². The van der Waals surface area contributed by atoms with Gasteiger partial charge in [-0.3, -0.25) is 9.78 Å². The number of amides is 1. The average molecular weight is 387 g/mol. The first kappa shape index (κ1) is 17.1. The van der Waals surface area contributed by atoms with Gasteiger partial charge in [-0.25, -0.2) is 8.42 Å². The number of aryl methyl sites for hydroxylation is 1. The van der Waals surface area contributed by atoms with Crippen molar-refractivity contribution in [1.29, 1.82) is 0 Å². The van der Waals surface area contributed by atoms with E-state index in [4.69, 9.17) is 4.74 Å². The van der Waals surface area contributed by atoms with Crippen molar-refractivity contribution in [1.82, 2.24) is 14.2 Å². The Bertz CT molecular complexity index is 1050. The number of carbonyl (C=O) groups is 1. The lowest BCUT2D eigenvalue weighted by molar-refractivity contribution is -0.178. The summed E-state index contributed by atoms with van der Waals surface area (Å²) in [5, 5.41) is 0.794. The van der Waals surface area contributed by atoms with Crippen LogP contribution < -0.4 is 0 Å². The van der Waals surface area contributed by atoms with Crippen molar-refractivity contribution in [3.8, 4) is 0 Å². The van der Waals surface area contributed by atoms with E-state index >= 15 is 0 Å². The molecule has 27 heavy (non-hydrogen) atoms. The number of fused-ring (bicyclic) bond motifs is 1. The van der Waals surface area contributed by atoms with E-state index in [1.165, 1.54) is 4.31 Å². The zero-order valence-electron chi connectivity index (χ0n) is 15.1. The van der Waals surface area contributed by atoms with Gasteiger partial charge >= 0.3 is 0 Å². The Morgan fingerprint density at radius 1 is 1.30 bits per heavy atom. The van der Waals surface area contributed by atoms with E-state index in [1.807, 2.05) is 19.1 Å². The van der Waals surface area contributed by atoms with Crippen molar-refractivity contribution < 1.29 is 17.9 Å². The molecule has 0 unspecified atom stereocenters. The monoisotopic (exact) mass is 387 g/mol. The van der Waals surface area contributed by atoms with Crippen molar-refractivity contribution in [2.24, 2.45) is 0 Å². The van der Waals surface area contributed by atoms with Crippen LogP contribution in [-0.2, 0) is 19.6 Å². The molecule has 7 nitrogen and oxygen atoms in total. The first-order valence-corrected chi connectivity index (χ1v) is 10.7. The number of aromatic nitrogens is 1. The van der Waals surface area contributed by atoms with Crippen LogP contribution in [0.5, 0.6) is 0 Å². The highest BCUT2D eigenvalue weighted by molar-refractivity contribution is 7.89. The van der Waals surface area contributed by atoms with E-state index in [-0.39, 0.29) is 17.2 Å². The molecule has 4 heterocycles. The number of sulfonamides is 1. The normalized spacial score (nSPS) is 28.6. The third-order valence-electron chi connectivity index (χ3n) is 5.96. The first-order chi connectivity index (χ1) is 12.9. The molecular weight excluding hydrogens is 366 g/mol. The molecular formula is C19H21N3O4S. The van der Waals surface area contributed by atoms with Gasteiger partial charge in [-0.05, 0) is 37.1 Å². The molecule has 3 aliphatic heterocycles. The standard InChI is InChI=1S/C19H21N3O4S/c1-13-10-14-4-2-6-20-18(14)15(11-13)27(24,25)22-8-5-19-16(22)12-17(23)21(19)7-3-9-26-19/h2,4,6,10-11,16H,3,5,7-9,12H2,1H3/t16-,19+/m1/s1. The quantitative estimate of drug-likeness (QED) is 0.783. The summed E-state index contributed by atoms with van der Waals surface area (Å²) < 4.78 is 34.8. The van der Waals surface area contributed by atoms with Gasteiger partial charge in [0.25, 0.3) is 0 Å². The maximum atomic E-state index is 13.6. The van der Waals surface area contributed by atoms with Gasteiger partial charge < -0.3 is 9.64 Å². The average Bonchev–Trinajstić information content (AvgIpc) is 3.13. The molecule has 2 aromatic rings. The van der Waals surface area contributed by atoms with Crippen molar-refractivity contribution in [2.45, 2.75) is 42.8 Å². The smallest absolute Gasteiger partial charge is 0.245 e. The predicted molar refractivity (Wildman–Crippen MR) is 98.4 cm³/mol. The minimum Gasteiger partial charge on any atom is -0.354 e. The number of nitrogens with zero attached hydrogens (tertiary/aromatic N) is 3. The molecule has 8 heteroatoms. The summed E-state index contributed by atoms with van der Waals surface area (Å²) in [5.41, 5.74) is 0.533. The van der Waals surface area contributed by atoms with Gasteiger partial charge in [0.05, 0.1) is 18.2 Å². The van der Waals surface area contributed by atoms with Crippen LogP contribution in [0.2, 0.25) is 0 Å².